The van der Waals surface area contributed by atoms with Crippen LogP contribution in [0.2, 0.25) is 0 Å². The van der Waals surface area contributed by atoms with Crippen molar-refractivity contribution in [3.05, 3.63) is 11.6 Å². The van der Waals surface area contributed by atoms with E-state index >= 15 is 0 Å². The summed E-state index contributed by atoms with van der Waals surface area (Å²) >= 11 is 0. The highest BCUT2D eigenvalue weighted by Gasteiger charge is 2.50. The molecule has 2 aliphatic carbocycles. The van der Waals surface area contributed by atoms with Gasteiger partial charge in [-0.05, 0) is 51.4 Å². The van der Waals surface area contributed by atoms with E-state index in [1.165, 1.54) is 5.57 Å². The Hall–Kier alpha value is -0.340. The smallest absolute Gasteiger partial charge is 0.0686 e. The van der Waals surface area contributed by atoms with Crippen LogP contribution in [0.4, 0.5) is 0 Å². The fourth-order valence-electron chi connectivity index (χ4n) is 3.60. The fraction of sp³-hybridized carbons (Fsp3) is 0.867. The molecule has 2 rings (SSSR count). The summed E-state index contributed by atoms with van der Waals surface area (Å²) in [6, 6.07) is 0. The molecule has 2 nitrogen and oxygen atoms in total. The molecule has 0 aliphatic heterocycles. The summed E-state index contributed by atoms with van der Waals surface area (Å²) < 4.78 is 0. The second kappa shape index (κ2) is 4.10. The first-order chi connectivity index (χ1) is 7.74. The summed E-state index contributed by atoms with van der Waals surface area (Å²) in [5, 5.41) is 21.1. The highest BCUT2D eigenvalue weighted by atomic mass is 16.3. The normalized spacial score (nSPS) is 46.6. The van der Waals surface area contributed by atoms with Gasteiger partial charge in [-0.1, -0.05) is 25.5 Å². The molecule has 0 unspecified atom stereocenters. The van der Waals surface area contributed by atoms with Gasteiger partial charge in [-0.25, -0.2) is 0 Å². The molecule has 0 aromatic carbocycles. The second-order valence-electron chi connectivity index (χ2n) is 6.78. The number of allylic oxidation sites excluding steroid dienone is 1. The first-order valence-corrected chi connectivity index (χ1v) is 6.89. The number of fused-ring (bicyclic) bond motifs is 1. The number of hydrogen-bond donors (Lipinski definition) is 2. The quantitative estimate of drug-likeness (QED) is 0.690. The van der Waals surface area contributed by atoms with Crippen LogP contribution in [0.15, 0.2) is 11.6 Å². The zero-order valence-electron chi connectivity index (χ0n) is 11.5. The molecule has 1 fully saturated rings. The first kappa shape index (κ1) is 13.1. The predicted molar refractivity (Wildman–Crippen MR) is 69.6 cm³/mol. The monoisotopic (exact) mass is 238 g/mol. The molecule has 0 radical (unpaired) electrons. The third-order valence-electron chi connectivity index (χ3n) is 4.97. The summed E-state index contributed by atoms with van der Waals surface area (Å²) in [4.78, 5) is 0. The van der Waals surface area contributed by atoms with E-state index in [1.54, 1.807) is 0 Å². The Bertz CT molecular complexity index is 326. The minimum Gasteiger partial charge on any atom is -0.390 e. The first-order valence-electron chi connectivity index (χ1n) is 6.89. The summed E-state index contributed by atoms with van der Waals surface area (Å²) in [5.74, 6) is 0.854. The molecule has 0 spiro atoms. The standard InChI is InChI=1S/C15H26O2/c1-10(2)11-5-7-14(3,16)12-6-8-15(4,17)13(12)9-11/h9-10,12-13,16-17H,5-8H2,1-4H3/t12-,13-,14-,15-/m0/s1. The Morgan fingerprint density at radius 3 is 2.41 bits per heavy atom. The summed E-state index contributed by atoms with van der Waals surface area (Å²) in [6.45, 7) is 8.27. The predicted octanol–water partition coefficient (Wildman–Crippen LogP) is 2.89. The largest absolute Gasteiger partial charge is 0.390 e. The van der Waals surface area contributed by atoms with Gasteiger partial charge in [0, 0.05) is 5.92 Å². The highest BCUT2D eigenvalue weighted by Crippen LogP contribution is 2.50. The van der Waals surface area contributed by atoms with Crippen molar-refractivity contribution < 1.29 is 10.2 Å². The maximum absolute atomic E-state index is 10.6. The summed E-state index contributed by atoms with van der Waals surface area (Å²) in [5.41, 5.74) is 0.136. The van der Waals surface area contributed by atoms with Gasteiger partial charge in [0.2, 0.25) is 0 Å². The van der Waals surface area contributed by atoms with Crippen LogP contribution in [0.5, 0.6) is 0 Å². The lowest BCUT2D eigenvalue weighted by Gasteiger charge is -2.34. The molecule has 0 bridgehead atoms. The third-order valence-corrected chi connectivity index (χ3v) is 4.97. The Morgan fingerprint density at radius 2 is 1.82 bits per heavy atom. The molecule has 17 heavy (non-hydrogen) atoms. The lowest BCUT2D eigenvalue weighted by Crippen LogP contribution is -2.40. The van der Waals surface area contributed by atoms with Crippen LogP contribution in [0, 0.1) is 17.8 Å². The fourth-order valence-corrected chi connectivity index (χ4v) is 3.60. The van der Waals surface area contributed by atoms with Gasteiger partial charge < -0.3 is 10.2 Å². The molecule has 2 N–H and O–H groups in total. The van der Waals surface area contributed by atoms with Crippen LogP contribution >= 0.6 is 0 Å². The lowest BCUT2D eigenvalue weighted by atomic mass is 9.77. The van der Waals surface area contributed by atoms with E-state index in [-0.39, 0.29) is 11.8 Å². The SMILES string of the molecule is CC(C)C1=C[C@H]2[C@H](CC[C@]2(C)O)[C@@](C)(O)CC1. The molecule has 0 aromatic rings. The Kier molecular flexibility index (Phi) is 3.16. The van der Waals surface area contributed by atoms with E-state index in [4.69, 9.17) is 0 Å². The van der Waals surface area contributed by atoms with Gasteiger partial charge in [0.25, 0.3) is 0 Å². The Morgan fingerprint density at radius 1 is 1.18 bits per heavy atom. The maximum atomic E-state index is 10.6. The lowest BCUT2D eigenvalue weighted by molar-refractivity contribution is -0.0419. The van der Waals surface area contributed by atoms with E-state index in [1.807, 2.05) is 13.8 Å². The maximum Gasteiger partial charge on any atom is 0.0686 e. The molecular formula is C15H26O2. The van der Waals surface area contributed by atoms with E-state index in [0.717, 1.165) is 25.7 Å². The average molecular weight is 238 g/mol. The van der Waals surface area contributed by atoms with Crippen molar-refractivity contribution >= 4 is 0 Å². The average Bonchev–Trinajstić information content (AvgIpc) is 2.39. The number of aliphatic hydroxyl groups is 2. The molecule has 1 saturated carbocycles. The van der Waals surface area contributed by atoms with Crippen LogP contribution in [0.1, 0.15) is 53.4 Å². The van der Waals surface area contributed by atoms with Crippen molar-refractivity contribution in [3.63, 3.8) is 0 Å². The van der Waals surface area contributed by atoms with Crippen LogP contribution in [-0.4, -0.2) is 21.4 Å². The van der Waals surface area contributed by atoms with Gasteiger partial charge in [-0.2, -0.15) is 0 Å². The van der Waals surface area contributed by atoms with Crippen molar-refractivity contribution in [1.29, 1.82) is 0 Å². The van der Waals surface area contributed by atoms with Crippen LogP contribution in [0.3, 0.4) is 0 Å². The van der Waals surface area contributed by atoms with Crippen molar-refractivity contribution in [3.8, 4) is 0 Å². The van der Waals surface area contributed by atoms with Crippen LogP contribution in [-0.2, 0) is 0 Å². The number of hydrogen-bond acceptors (Lipinski definition) is 2. The molecule has 0 heterocycles. The van der Waals surface area contributed by atoms with Crippen molar-refractivity contribution in [1.82, 2.24) is 0 Å². The zero-order chi connectivity index (χ0) is 12.8. The van der Waals surface area contributed by atoms with Gasteiger partial charge in [-0.15, -0.1) is 0 Å². The van der Waals surface area contributed by atoms with Crippen LogP contribution in [0.25, 0.3) is 0 Å². The molecule has 2 heteroatoms. The van der Waals surface area contributed by atoms with E-state index < -0.39 is 11.2 Å². The minimum atomic E-state index is -0.640. The Balaban J connectivity index is 2.37. The summed E-state index contributed by atoms with van der Waals surface area (Å²) in [6.07, 6.45) is 5.80. The van der Waals surface area contributed by atoms with Gasteiger partial charge in [-0.3, -0.25) is 0 Å². The van der Waals surface area contributed by atoms with Crippen molar-refractivity contribution in [2.24, 2.45) is 17.8 Å². The van der Waals surface area contributed by atoms with E-state index in [0.29, 0.717) is 5.92 Å². The van der Waals surface area contributed by atoms with Gasteiger partial charge >= 0.3 is 0 Å². The highest BCUT2D eigenvalue weighted by molar-refractivity contribution is 5.19. The van der Waals surface area contributed by atoms with Gasteiger partial charge in [0.05, 0.1) is 11.2 Å². The molecule has 0 amide bonds. The second-order valence-corrected chi connectivity index (χ2v) is 6.78. The topological polar surface area (TPSA) is 40.5 Å². The third kappa shape index (κ3) is 2.30. The summed E-state index contributed by atoms with van der Waals surface area (Å²) in [7, 11) is 0. The molecule has 2 aliphatic rings. The molecular weight excluding hydrogens is 212 g/mol. The van der Waals surface area contributed by atoms with E-state index in [2.05, 4.69) is 19.9 Å². The zero-order valence-corrected chi connectivity index (χ0v) is 11.5. The number of rotatable bonds is 1. The van der Waals surface area contributed by atoms with E-state index in [9.17, 15) is 10.2 Å². The van der Waals surface area contributed by atoms with Crippen LogP contribution < -0.4 is 0 Å². The van der Waals surface area contributed by atoms with Crippen molar-refractivity contribution in [2.75, 3.05) is 0 Å². The molecule has 0 saturated heterocycles. The molecule has 0 aromatic heterocycles. The van der Waals surface area contributed by atoms with Crippen molar-refractivity contribution in [2.45, 2.75) is 64.6 Å². The minimum absolute atomic E-state index is 0.123. The molecule has 4 atom stereocenters. The van der Waals surface area contributed by atoms with Gasteiger partial charge in [0.1, 0.15) is 0 Å². The Labute approximate surface area is 105 Å². The van der Waals surface area contributed by atoms with Gasteiger partial charge in [0.15, 0.2) is 0 Å². The molecule has 98 valence electrons.